The van der Waals surface area contributed by atoms with Crippen molar-refractivity contribution in [3.63, 3.8) is 0 Å². The number of rotatable bonds is 6. The molecule has 0 saturated heterocycles. The Morgan fingerprint density at radius 3 is 2.52 bits per heavy atom. The topological polar surface area (TPSA) is 133 Å². The number of aromatic nitrogens is 4. The van der Waals surface area contributed by atoms with E-state index in [9.17, 15) is 18.5 Å². The molecule has 1 aliphatic carbocycles. The molecular weight excluding hydrogens is 348 g/mol. The van der Waals surface area contributed by atoms with Crippen LogP contribution >= 0.6 is 0 Å². The zero-order valence-electron chi connectivity index (χ0n) is 13.4. The molecule has 11 heteroatoms. The van der Waals surface area contributed by atoms with Crippen LogP contribution in [-0.4, -0.2) is 33.5 Å². The molecule has 0 aliphatic heterocycles. The number of non-ortho nitro benzene ring substituents is 1. The van der Waals surface area contributed by atoms with Crippen LogP contribution in [0, 0.1) is 10.1 Å². The highest BCUT2D eigenvalue weighted by Crippen LogP contribution is 2.27. The maximum Gasteiger partial charge on any atom is 0.269 e. The van der Waals surface area contributed by atoms with E-state index in [0.717, 1.165) is 37.8 Å². The minimum Gasteiger partial charge on any atom is -0.258 e. The van der Waals surface area contributed by atoms with Gasteiger partial charge in [0.25, 0.3) is 5.69 Å². The van der Waals surface area contributed by atoms with Crippen molar-refractivity contribution in [3.8, 4) is 0 Å². The van der Waals surface area contributed by atoms with E-state index in [2.05, 4.69) is 20.2 Å². The lowest BCUT2D eigenvalue weighted by atomic mass is 9.96. The number of sulfonamides is 1. The number of benzene rings is 1. The van der Waals surface area contributed by atoms with Gasteiger partial charge in [-0.1, -0.05) is 19.3 Å². The predicted molar refractivity (Wildman–Crippen MR) is 87.1 cm³/mol. The van der Waals surface area contributed by atoms with E-state index in [1.165, 1.54) is 18.6 Å². The molecule has 2 aromatic rings. The summed E-state index contributed by atoms with van der Waals surface area (Å²) in [7, 11) is -3.81. The smallest absolute Gasteiger partial charge is 0.258 e. The van der Waals surface area contributed by atoms with Crippen molar-refractivity contribution in [1.82, 2.24) is 24.9 Å². The van der Waals surface area contributed by atoms with Crippen LogP contribution in [0.25, 0.3) is 0 Å². The SMILES string of the molecule is O=[N+]([O-])c1ccc(S(=O)(=O)NCc2nnnn2C2CCCCC2)cc1. The highest BCUT2D eigenvalue weighted by atomic mass is 32.2. The Hall–Kier alpha value is -2.40. The predicted octanol–water partition coefficient (Wildman–Crippen LogP) is 1.56. The molecule has 0 unspecified atom stereocenters. The number of nitro groups is 1. The largest absolute Gasteiger partial charge is 0.269 e. The Kier molecular flexibility index (Phi) is 5.04. The van der Waals surface area contributed by atoms with E-state index in [1.807, 2.05) is 0 Å². The Labute approximate surface area is 144 Å². The second-order valence-electron chi connectivity index (χ2n) is 5.91. The van der Waals surface area contributed by atoms with E-state index < -0.39 is 14.9 Å². The van der Waals surface area contributed by atoms with E-state index in [-0.39, 0.29) is 23.2 Å². The highest BCUT2D eigenvalue weighted by Gasteiger charge is 2.22. The third-order valence-electron chi connectivity index (χ3n) is 4.26. The molecule has 3 rings (SSSR count). The molecule has 1 saturated carbocycles. The minimum absolute atomic E-state index is 0.0389. The molecule has 1 fully saturated rings. The van der Waals surface area contributed by atoms with Crippen LogP contribution in [0.15, 0.2) is 29.2 Å². The number of hydrogen-bond acceptors (Lipinski definition) is 7. The van der Waals surface area contributed by atoms with E-state index >= 15 is 0 Å². The molecule has 1 aliphatic rings. The zero-order chi connectivity index (χ0) is 17.9. The van der Waals surface area contributed by atoms with Gasteiger partial charge in [0.2, 0.25) is 10.0 Å². The molecule has 0 radical (unpaired) electrons. The van der Waals surface area contributed by atoms with E-state index in [4.69, 9.17) is 0 Å². The zero-order valence-corrected chi connectivity index (χ0v) is 14.2. The molecule has 25 heavy (non-hydrogen) atoms. The lowest BCUT2D eigenvalue weighted by molar-refractivity contribution is -0.384. The Bertz CT molecular complexity index is 842. The summed E-state index contributed by atoms with van der Waals surface area (Å²) in [6.45, 7) is -0.0389. The third-order valence-corrected chi connectivity index (χ3v) is 5.68. The summed E-state index contributed by atoms with van der Waals surface area (Å²) in [4.78, 5) is 10.0. The van der Waals surface area contributed by atoms with Gasteiger partial charge in [0, 0.05) is 12.1 Å². The molecule has 1 heterocycles. The molecule has 0 bridgehead atoms. The second-order valence-corrected chi connectivity index (χ2v) is 7.67. The number of tetrazole rings is 1. The van der Waals surface area contributed by atoms with Crippen molar-refractivity contribution in [3.05, 3.63) is 40.2 Å². The van der Waals surface area contributed by atoms with Gasteiger partial charge in [-0.15, -0.1) is 5.10 Å². The monoisotopic (exact) mass is 366 g/mol. The summed E-state index contributed by atoms with van der Waals surface area (Å²) in [6.07, 6.45) is 5.37. The lowest BCUT2D eigenvalue weighted by Gasteiger charge is -2.22. The van der Waals surface area contributed by atoms with Crippen LogP contribution in [0.3, 0.4) is 0 Å². The summed E-state index contributed by atoms with van der Waals surface area (Å²) < 4.78 is 28.8. The molecule has 1 aromatic heterocycles. The first-order valence-corrected chi connectivity index (χ1v) is 9.46. The molecule has 134 valence electrons. The van der Waals surface area contributed by atoms with Gasteiger partial charge in [-0.25, -0.2) is 17.8 Å². The Morgan fingerprint density at radius 2 is 1.88 bits per heavy atom. The van der Waals surface area contributed by atoms with Crippen molar-refractivity contribution < 1.29 is 13.3 Å². The molecule has 10 nitrogen and oxygen atoms in total. The van der Waals surface area contributed by atoms with Crippen molar-refractivity contribution in [1.29, 1.82) is 0 Å². The maximum absolute atomic E-state index is 12.3. The highest BCUT2D eigenvalue weighted by molar-refractivity contribution is 7.89. The van der Waals surface area contributed by atoms with Crippen molar-refractivity contribution in [2.24, 2.45) is 0 Å². The summed E-state index contributed by atoms with van der Waals surface area (Å²) in [5.41, 5.74) is -0.166. The van der Waals surface area contributed by atoms with Crippen molar-refractivity contribution in [2.45, 2.75) is 49.6 Å². The van der Waals surface area contributed by atoms with Gasteiger partial charge >= 0.3 is 0 Å². The fourth-order valence-electron chi connectivity index (χ4n) is 2.93. The van der Waals surface area contributed by atoms with Gasteiger partial charge in [0.15, 0.2) is 5.82 Å². The van der Waals surface area contributed by atoms with Crippen LogP contribution in [0.1, 0.15) is 44.0 Å². The first-order chi connectivity index (χ1) is 12.0. The van der Waals surface area contributed by atoms with Crippen LogP contribution in [0.5, 0.6) is 0 Å². The fourth-order valence-corrected chi connectivity index (χ4v) is 3.91. The minimum atomic E-state index is -3.81. The van der Waals surface area contributed by atoms with Crippen LogP contribution in [0.2, 0.25) is 0 Å². The quantitative estimate of drug-likeness (QED) is 0.606. The fraction of sp³-hybridized carbons (Fsp3) is 0.500. The van der Waals surface area contributed by atoms with Crippen LogP contribution in [0.4, 0.5) is 5.69 Å². The third kappa shape index (κ3) is 3.99. The van der Waals surface area contributed by atoms with Gasteiger partial charge in [-0.3, -0.25) is 10.1 Å². The average Bonchev–Trinajstić information content (AvgIpc) is 3.09. The maximum atomic E-state index is 12.3. The first kappa shape index (κ1) is 17.4. The molecule has 0 atom stereocenters. The van der Waals surface area contributed by atoms with Gasteiger partial charge in [-0.05, 0) is 35.4 Å². The Balaban J connectivity index is 1.70. The normalized spacial score (nSPS) is 16.0. The van der Waals surface area contributed by atoms with Crippen LogP contribution < -0.4 is 4.72 Å². The average molecular weight is 366 g/mol. The summed E-state index contributed by atoms with van der Waals surface area (Å²) in [5.74, 6) is 0.456. The molecule has 1 N–H and O–H groups in total. The molecule has 0 amide bonds. The summed E-state index contributed by atoms with van der Waals surface area (Å²) in [5, 5.41) is 22.2. The van der Waals surface area contributed by atoms with E-state index in [1.54, 1.807) is 4.68 Å². The standard InChI is InChI=1S/C14H18N6O4S/c21-20(22)12-6-8-13(9-7-12)25(23,24)15-10-14-16-17-18-19(14)11-4-2-1-3-5-11/h6-9,11,15H,1-5,10H2. The van der Waals surface area contributed by atoms with E-state index in [0.29, 0.717) is 5.82 Å². The van der Waals surface area contributed by atoms with Crippen molar-refractivity contribution in [2.75, 3.05) is 0 Å². The van der Waals surface area contributed by atoms with Gasteiger partial charge in [0.1, 0.15) is 0 Å². The van der Waals surface area contributed by atoms with Gasteiger partial charge < -0.3 is 0 Å². The lowest BCUT2D eigenvalue weighted by Crippen LogP contribution is -2.26. The Morgan fingerprint density at radius 1 is 1.20 bits per heavy atom. The molecule has 0 spiro atoms. The molecular formula is C14H18N6O4S. The molecule has 1 aromatic carbocycles. The summed E-state index contributed by atoms with van der Waals surface area (Å²) >= 11 is 0. The number of nitrogens with one attached hydrogen (secondary N) is 1. The van der Waals surface area contributed by atoms with Crippen LogP contribution in [-0.2, 0) is 16.6 Å². The van der Waals surface area contributed by atoms with Gasteiger partial charge in [0.05, 0.1) is 22.4 Å². The number of hydrogen-bond donors (Lipinski definition) is 1. The van der Waals surface area contributed by atoms with Gasteiger partial charge in [-0.2, -0.15) is 0 Å². The summed E-state index contributed by atoms with van der Waals surface area (Å²) in [6, 6.07) is 4.90. The van der Waals surface area contributed by atoms with Crippen molar-refractivity contribution >= 4 is 15.7 Å². The second kappa shape index (κ2) is 7.23. The number of nitro benzene ring substituents is 1. The first-order valence-electron chi connectivity index (χ1n) is 7.98. The number of nitrogens with zero attached hydrogens (tertiary/aromatic N) is 5.